The van der Waals surface area contributed by atoms with Crippen LogP contribution >= 0.6 is 0 Å². The van der Waals surface area contributed by atoms with Crippen molar-refractivity contribution >= 4 is 11.7 Å². The summed E-state index contributed by atoms with van der Waals surface area (Å²) in [4.78, 5) is 14.7. The molecule has 0 radical (unpaired) electrons. The molecule has 7 heteroatoms. The Morgan fingerprint density at radius 2 is 2.32 bits per heavy atom. The molecule has 3 heterocycles. The van der Waals surface area contributed by atoms with Gasteiger partial charge in [0.15, 0.2) is 0 Å². The molecule has 2 amide bonds. The number of nitrogens with one attached hydrogen (secondary N) is 2. The largest absolute Gasteiger partial charge is 0.383 e. The minimum absolute atomic E-state index is 0.135. The summed E-state index contributed by atoms with van der Waals surface area (Å²) < 4.78 is 6.77. The van der Waals surface area contributed by atoms with E-state index in [1.165, 1.54) is 25.8 Å². The zero-order valence-electron chi connectivity index (χ0n) is 13.1. The quantitative estimate of drug-likeness (QED) is 0.859. The van der Waals surface area contributed by atoms with Crippen LogP contribution in [0.2, 0.25) is 0 Å². The fourth-order valence-electron chi connectivity index (χ4n) is 3.49. The Hall–Kier alpha value is -1.60. The average molecular weight is 307 g/mol. The highest BCUT2D eigenvalue weighted by molar-refractivity contribution is 5.89. The smallest absolute Gasteiger partial charge is 0.319 e. The van der Waals surface area contributed by atoms with E-state index < -0.39 is 0 Å². The monoisotopic (exact) mass is 307 g/mol. The molecule has 1 aromatic heterocycles. The van der Waals surface area contributed by atoms with Crippen LogP contribution in [0.1, 0.15) is 25.7 Å². The van der Waals surface area contributed by atoms with E-state index in [-0.39, 0.29) is 12.1 Å². The zero-order valence-corrected chi connectivity index (χ0v) is 13.1. The fraction of sp³-hybridized carbons (Fsp3) is 0.733. The van der Waals surface area contributed by atoms with Gasteiger partial charge in [-0.05, 0) is 25.8 Å². The van der Waals surface area contributed by atoms with Crippen molar-refractivity contribution < 1.29 is 9.53 Å². The summed E-state index contributed by atoms with van der Waals surface area (Å²) in [5.41, 5.74) is 0.715. The molecule has 2 fully saturated rings. The van der Waals surface area contributed by atoms with Gasteiger partial charge in [-0.2, -0.15) is 5.10 Å². The summed E-state index contributed by atoms with van der Waals surface area (Å²) in [5.74, 6) is 0. The normalized spacial score (nSPS) is 25.0. The van der Waals surface area contributed by atoms with E-state index in [0.717, 1.165) is 13.0 Å². The van der Waals surface area contributed by atoms with Gasteiger partial charge in [-0.15, -0.1) is 0 Å². The van der Waals surface area contributed by atoms with Crippen LogP contribution in [0.25, 0.3) is 0 Å². The molecule has 0 saturated carbocycles. The number of carbonyl (C=O) groups is 1. The number of anilines is 1. The number of ether oxygens (including phenoxy) is 1. The standard InChI is InChI=1S/C15H25N5O2/c1-22-9-8-20-11-12(10-16-20)17-15(21)18-13-5-7-19-6-3-2-4-14(13)19/h10-11,13-14H,2-9H2,1H3,(H2,17,18,21). The predicted octanol–water partition coefficient (Wildman–Crippen LogP) is 1.28. The highest BCUT2D eigenvalue weighted by atomic mass is 16.5. The molecule has 2 N–H and O–H groups in total. The first-order valence-corrected chi connectivity index (χ1v) is 8.09. The van der Waals surface area contributed by atoms with Crippen LogP contribution in [0, 0.1) is 0 Å². The van der Waals surface area contributed by atoms with Gasteiger partial charge in [0, 0.05) is 31.9 Å². The topological polar surface area (TPSA) is 71.4 Å². The second-order valence-corrected chi connectivity index (χ2v) is 6.08. The SMILES string of the molecule is COCCn1cc(NC(=O)NC2CCN3CCCCC23)cn1. The highest BCUT2D eigenvalue weighted by Crippen LogP contribution is 2.27. The van der Waals surface area contributed by atoms with E-state index in [4.69, 9.17) is 4.74 Å². The molecule has 22 heavy (non-hydrogen) atoms. The molecule has 7 nitrogen and oxygen atoms in total. The van der Waals surface area contributed by atoms with Crippen LogP contribution in [0.3, 0.4) is 0 Å². The molecular formula is C15H25N5O2. The number of piperidine rings is 1. The van der Waals surface area contributed by atoms with Gasteiger partial charge in [-0.3, -0.25) is 9.58 Å². The van der Waals surface area contributed by atoms with Crippen LogP contribution < -0.4 is 10.6 Å². The van der Waals surface area contributed by atoms with Gasteiger partial charge >= 0.3 is 6.03 Å². The van der Waals surface area contributed by atoms with Crippen LogP contribution in [0.5, 0.6) is 0 Å². The molecule has 0 aliphatic carbocycles. The van der Waals surface area contributed by atoms with Crippen LogP contribution in [0.4, 0.5) is 10.5 Å². The fourth-order valence-corrected chi connectivity index (χ4v) is 3.49. The van der Waals surface area contributed by atoms with Gasteiger partial charge in [0.2, 0.25) is 0 Å². The number of hydrogen-bond acceptors (Lipinski definition) is 4. The van der Waals surface area contributed by atoms with Gasteiger partial charge in [-0.25, -0.2) is 4.79 Å². The first kappa shape index (κ1) is 15.3. The molecule has 3 rings (SSSR count). The molecule has 1 aromatic rings. The second kappa shape index (κ2) is 7.11. The molecule has 122 valence electrons. The van der Waals surface area contributed by atoms with Crippen molar-refractivity contribution in [3.8, 4) is 0 Å². The van der Waals surface area contributed by atoms with E-state index in [1.54, 1.807) is 18.0 Å². The predicted molar refractivity (Wildman–Crippen MR) is 83.9 cm³/mol. The Morgan fingerprint density at radius 3 is 3.18 bits per heavy atom. The van der Waals surface area contributed by atoms with E-state index >= 15 is 0 Å². The minimum atomic E-state index is -0.135. The molecular weight excluding hydrogens is 282 g/mol. The molecule has 2 saturated heterocycles. The maximum atomic E-state index is 12.2. The van der Waals surface area contributed by atoms with Crippen molar-refractivity contribution in [1.82, 2.24) is 20.0 Å². The number of amides is 2. The maximum absolute atomic E-state index is 12.2. The van der Waals surface area contributed by atoms with E-state index in [0.29, 0.717) is 24.9 Å². The summed E-state index contributed by atoms with van der Waals surface area (Å²) >= 11 is 0. The minimum Gasteiger partial charge on any atom is -0.383 e. The zero-order chi connectivity index (χ0) is 15.4. The molecule has 0 bridgehead atoms. The number of carbonyl (C=O) groups excluding carboxylic acids is 1. The van der Waals surface area contributed by atoms with Crippen LogP contribution in [-0.4, -0.2) is 59.6 Å². The maximum Gasteiger partial charge on any atom is 0.319 e. The summed E-state index contributed by atoms with van der Waals surface area (Å²) in [5, 5.41) is 10.2. The number of methoxy groups -OCH3 is 1. The number of fused-ring (bicyclic) bond motifs is 1. The highest BCUT2D eigenvalue weighted by Gasteiger charge is 2.36. The van der Waals surface area contributed by atoms with Gasteiger partial charge in [-0.1, -0.05) is 6.42 Å². The third-order valence-electron chi connectivity index (χ3n) is 4.59. The number of hydrogen-bond donors (Lipinski definition) is 2. The number of aromatic nitrogens is 2. The van der Waals surface area contributed by atoms with E-state index in [2.05, 4.69) is 20.6 Å². The average Bonchev–Trinajstić information content (AvgIpc) is 3.13. The first-order chi connectivity index (χ1) is 10.8. The number of urea groups is 1. The number of rotatable bonds is 5. The number of nitrogens with zero attached hydrogens (tertiary/aromatic N) is 3. The van der Waals surface area contributed by atoms with Crippen LogP contribution in [-0.2, 0) is 11.3 Å². The summed E-state index contributed by atoms with van der Waals surface area (Å²) in [6, 6.07) is 0.650. The first-order valence-electron chi connectivity index (χ1n) is 8.09. The van der Waals surface area contributed by atoms with Gasteiger partial charge in [0.1, 0.15) is 0 Å². The molecule has 2 unspecified atom stereocenters. The molecule has 2 aliphatic heterocycles. The van der Waals surface area contributed by atoms with Gasteiger partial charge in [0.05, 0.1) is 25.0 Å². The Bertz CT molecular complexity index is 504. The lowest BCUT2D eigenvalue weighted by Gasteiger charge is -2.32. The second-order valence-electron chi connectivity index (χ2n) is 6.08. The third kappa shape index (κ3) is 3.59. The summed E-state index contributed by atoms with van der Waals surface area (Å²) in [6.45, 7) is 3.56. The van der Waals surface area contributed by atoms with E-state index in [9.17, 15) is 4.79 Å². The Morgan fingerprint density at radius 1 is 1.41 bits per heavy atom. The third-order valence-corrected chi connectivity index (χ3v) is 4.59. The Labute approximate surface area is 131 Å². The van der Waals surface area contributed by atoms with Crippen LogP contribution in [0.15, 0.2) is 12.4 Å². The lowest BCUT2D eigenvalue weighted by molar-refractivity contribution is 0.180. The Balaban J connectivity index is 1.49. The van der Waals surface area contributed by atoms with Gasteiger partial charge in [0.25, 0.3) is 0 Å². The van der Waals surface area contributed by atoms with Crippen molar-refractivity contribution in [2.24, 2.45) is 0 Å². The van der Waals surface area contributed by atoms with Crippen molar-refractivity contribution in [2.75, 3.05) is 32.1 Å². The lowest BCUT2D eigenvalue weighted by Crippen LogP contribution is -2.47. The van der Waals surface area contributed by atoms with Crippen molar-refractivity contribution in [2.45, 2.75) is 44.3 Å². The molecule has 2 atom stereocenters. The summed E-state index contributed by atoms with van der Waals surface area (Å²) in [6.07, 6.45) is 8.28. The van der Waals surface area contributed by atoms with E-state index in [1.807, 2.05) is 6.20 Å². The lowest BCUT2D eigenvalue weighted by atomic mass is 9.99. The van der Waals surface area contributed by atoms with Crippen molar-refractivity contribution in [3.05, 3.63) is 12.4 Å². The van der Waals surface area contributed by atoms with Gasteiger partial charge < -0.3 is 15.4 Å². The Kier molecular flexibility index (Phi) is 4.94. The molecule has 0 aromatic carbocycles. The summed E-state index contributed by atoms with van der Waals surface area (Å²) in [7, 11) is 1.66. The van der Waals surface area contributed by atoms with Crippen molar-refractivity contribution in [3.63, 3.8) is 0 Å². The van der Waals surface area contributed by atoms with Crippen molar-refractivity contribution in [1.29, 1.82) is 0 Å². The molecule has 2 aliphatic rings. The molecule has 0 spiro atoms.